The second-order valence-corrected chi connectivity index (χ2v) is 8.00. The lowest BCUT2D eigenvalue weighted by Gasteiger charge is -2.39. The fourth-order valence-corrected chi connectivity index (χ4v) is 4.36. The third kappa shape index (κ3) is 5.93. The van der Waals surface area contributed by atoms with Crippen molar-refractivity contribution in [1.82, 2.24) is 10.2 Å². The van der Waals surface area contributed by atoms with E-state index in [4.69, 9.17) is 0 Å². The molecule has 1 saturated heterocycles. The monoisotopic (exact) mass is 406 g/mol. The van der Waals surface area contributed by atoms with Crippen LogP contribution in [0.5, 0.6) is 0 Å². The summed E-state index contributed by atoms with van der Waals surface area (Å²) in [5.41, 5.74) is 5.55. The molecule has 2 nitrogen and oxygen atoms in total. The number of piperidine rings is 1. The van der Waals surface area contributed by atoms with Gasteiger partial charge in [-0.05, 0) is 30.0 Å². The molecular weight excluding hydrogens is 376 g/mol. The van der Waals surface area contributed by atoms with Crippen LogP contribution in [-0.4, -0.2) is 24.0 Å². The number of nitrogens with one attached hydrogen (secondary N) is 1. The van der Waals surface area contributed by atoms with Crippen molar-refractivity contribution in [2.45, 2.75) is 38.4 Å². The summed E-state index contributed by atoms with van der Waals surface area (Å²) in [7, 11) is 0. The van der Waals surface area contributed by atoms with E-state index in [9.17, 15) is 0 Å². The summed E-state index contributed by atoms with van der Waals surface area (Å²) < 4.78 is 0. The highest BCUT2D eigenvalue weighted by Crippen LogP contribution is 2.28. The second-order valence-electron chi connectivity index (χ2n) is 8.00. The van der Waals surface area contributed by atoms with Crippen LogP contribution in [-0.2, 0) is 13.1 Å². The van der Waals surface area contributed by atoms with E-state index in [1.165, 1.54) is 28.7 Å². The Morgan fingerprint density at radius 1 is 0.862 bits per heavy atom. The molecule has 2 atom stereocenters. The first kappa shape index (κ1) is 21.6. The summed E-state index contributed by atoms with van der Waals surface area (Å²) in [6, 6.07) is 31.2. The zero-order valence-electron chi connectivity index (χ0n) is 17.1. The topological polar surface area (TPSA) is 15.3 Å². The van der Waals surface area contributed by atoms with Crippen LogP contribution in [0.2, 0.25) is 0 Å². The molecule has 3 aromatic rings. The van der Waals surface area contributed by atoms with E-state index >= 15 is 0 Å². The molecule has 0 aromatic heterocycles. The molecule has 0 spiro atoms. The molecule has 0 radical (unpaired) electrons. The molecule has 1 fully saturated rings. The molecule has 1 aliphatic heterocycles. The Balaban J connectivity index is 0.00000240. The number of rotatable bonds is 6. The van der Waals surface area contributed by atoms with E-state index < -0.39 is 0 Å². The largest absolute Gasteiger partial charge is 0.309 e. The second kappa shape index (κ2) is 10.6. The Kier molecular flexibility index (Phi) is 7.88. The molecule has 0 bridgehead atoms. The zero-order chi connectivity index (χ0) is 19.2. The highest BCUT2D eigenvalue weighted by molar-refractivity contribution is 5.85. The van der Waals surface area contributed by atoms with Gasteiger partial charge in [0.1, 0.15) is 0 Å². The summed E-state index contributed by atoms with van der Waals surface area (Å²) >= 11 is 0. The normalized spacial score (nSPS) is 19.5. The van der Waals surface area contributed by atoms with E-state index in [1.54, 1.807) is 0 Å². The Morgan fingerprint density at radius 3 is 2.28 bits per heavy atom. The molecule has 3 heteroatoms. The van der Waals surface area contributed by atoms with Crippen molar-refractivity contribution in [2.75, 3.05) is 13.1 Å². The van der Waals surface area contributed by atoms with E-state index in [-0.39, 0.29) is 12.4 Å². The number of hydrogen-bond donors (Lipinski definition) is 1. The van der Waals surface area contributed by atoms with Crippen molar-refractivity contribution >= 4 is 12.4 Å². The Labute approximate surface area is 181 Å². The number of likely N-dealkylation sites (tertiary alicyclic amines) is 1. The molecule has 0 aliphatic carbocycles. The first-order valence-electron chi connectivity index (χ1n) is 10.4. The fourth-order valence-electron chi connectivity index (χ4n) is 4.36. The van der Waals surface area contributed by atoms with Crippen molar-refractivity contribution in [3.05, 3.63) is 107 Å². The van der Waals surface area contributed by atoms with Gasteiger partial charge in [-0.3, -0.25) is 4.90 Å². The van der Waals surface area contributed by atoms with Crippen LogP contribution in [0.4, 0.5) is 0 Å². The van der Waals surface area contributed by atoms with Gasteiger partial charge in [-0.2, -0.15) is 0 Å². The van der Waals surface area contributed by atoms with Gasteiger partial charge in [-0.15, -0.1) is 12.4 Å². The van der Waals surface area contributed by atoms with Gasteiger partial charge in [0.25, 0.3) is 0 Å². The molecule has 0 amide bonds. The maximum absolute atomic E-state index is 3.87. The highest BCUT2D eigenvalue weighted by Gasteiger charge is 2.30. The minimum absolute atomic E-state index is 0. The minimum atomic E-state index is 0. The molecule has 1 aliphatic rings. The van der Waals surface area contributed by atoms with E-state index in [1.807, 2.05) is 0 Å². The summed E-state index contributed by atoms with van der Waals surface area (Å²) in [6.45, 7) is 6.38. The lowest BCUT2D eigenvalue weighted by Crippen LogP contribution is -2.47. The Hall–Kier alpha value is -2.13. The molecule has 152 valence electrons. The summed E-state index contributed by atoms with van der Waals surface area (Å²) in [6.07, 6.45) is 1.18. The van der Waals surface area contributed by atoms with Crippen molar-refractivity contribution in [1.29, 1.82) is 0 Å². The van der Waals surface area contributed by atoms with Gasteiger partial charge in [0.2, 0.25) is 0 Å². The SMILES string of the molecule is Cc1cccc(CNC2CCN(Cc3ccccc3)CC2c2ccccc2)c1.Cl. The van der Waals surface area contributed by atoms with Crippen LogP contribution in [0, 0.1) is 6.92 Å². The summed E-state index contributed by atoms with van der Waals surface area (Å²) in [4.78, 5) is 2.61. The number of hydrogen-bond acceptors (Lipinski definition) is 2. The maximum Gasteiger partial charge on any atom is 0.0234 e. The lowest BCUT2D eigenvalue weighted by atomic mass is 9.85. The standard InChI is InChI=1S/C26H30N2.ClH/c1-21-9-8-12-23(17-21)18-27-26-15-16-28(19-22-10-4-2-5-11-22)20-25(26)24-13-6-3-7-14-24;/h2-14,17,25-27H,15-16,18-20H2,1H3;1H. The van der Waals surface area contributed by atoms with Crippen molar-refractivity contribution in [3.8, 4) is 0 Å². The van der Waals surface area contributed by atoms with Gasteiger partial charge >= 0.3 is 0 Å². The van der Waals surface area contributed by atoms with Crippen molar-refractivity contribution < 1.29 is 0 Å². The van der Waals surface area contributed by atoms with Gasteiger partial charge in [0.15, 0.2) is 0 Å². The van der Waals surface area contributed by atoms with E-state index in [0.29, 0.717) is 12.0 Å². The van der Waals surface area contributed by atoms with Gasteiger partial charge < -0.3 is 5.32 Å². The van der Waals surface area contributed by atoms with Crippen LogP contribution in [0.15, 0.2) is 84.9 Å². The lowest BCUT2D eigenvalue weighted by molar-refractivity contribution is 0.166. The quantitative estimate of drug-likeness (QED) is 0.576. The molecule has 2 unspecified atom stereocenters. The molecule has 4 rings (SSSR count). The number of benzene rings is 3. The number of aryl methyl sites for hydroxylation is 1. The summed E-state index contributed by atoms with van der Waals surface area (Å²) in [5, 5.41) is 3.87. The van der Waals surface area contributed by atoms with Crippen LogP contribution in [0.3, 0.4) is 0 Å². The highest BCUT2D eigenvalue weighted by atomic mass is 35.5. The molecule has 3 aromatic carbocycles. The van der Waals surface area contributed by atoms with Gasteiger partial charge in [-0.25, -0.2) is 0 Å². The predicted molar refractivity (Wildman–Crippen MR) is 125 cm³/mol. The molecule has 0 saturated carbocycles. The van der Waals surface area contributed by atoms with E-state index in [2.05, 4.69) is 102 Å². The van der Waals surface area contributed by atoms with Gasteiger partial charge in [0, 0.05) is 38.1 Å². The van der Waals surface area contributed by atoms with Crippen molar-refractivity contribution in [3.63, 3.8) is 0 Å². The molecule has 29 heavy (non-hydrogen) atoms. The minimum Gasteiger partial charge on any atom is -0.309 e. The number of nitrogens with zero attached hydrogens (tertiary/aromatic N) is 1. The van der Waals surface area contributed by atoms with Gasteiger partial charge in [-0.1, -0.05) is 90.5 Å². The molecule has 1 N–H and O–H groups in total. The van der Waals surface area contributed by atoms with Crippen LogP contribution >= 0.6 is 12.4 Å². The molecule has 1 heterocycles. The average molecular weight is 407 g/mol. The van der Waals surface area contributed by atoms with Crippen LogP contribution in [0.25, 0.3) is 0 Å². The fraction of sp³-hybridized carbons (Fsp3) is 0.308. The zero-order valence-corrected chi connectivity index (χ0v) is 17.9. The first-order valence-corrected chi connectivity index (χ1v) is 10.4. The van der Waals surface area contributed by atoms with E-state index in [0.717, 1.165) is 26.2 Å². The number of halogens is 1. The van der Waals surface area contributed by atoms with Crippen molar-refractivity contribution in [2.24, 2.45) is 0 Å². The Morgan fingerprint density at radius 2 is 1.55 bits per heavy atom. The smallest absolute Gasteiger partial charge is 0.0234 e. The Bertz CT molecular complexity index is 866. The van der Waals surface area contributed by atoms with Crippen LogP contribution in [0.1, 0.15) is 34.6 Å². The molecular formula is C26H31ClN2. The maximum atomic E-state index is 3.87. The third-order valence-corrected chi connectivity index (χ3v) is 5.82. The first-order chi connectivity index (χ1) is 13.8. The third-order valence-electron chi connectivity index (χ3n) is 5.82. The average Bonchev–Trinajstić information content (AvgIpc) is 2.74. The van der Waals surface area contributed by atoms with Gasteiger partial charge in [0.05, 0.1) is 0 Å². The predicted octanol–water partition coefficient (Wildman–Crippen LogP) is 5.56. The van der Waals surface area contributed by atoms with Crippen LogP contribution < -0.4 is 5.32 Å². The summed E-state index contributed by atoms with van der Waals surface area (Å²) in [5.74, 6) is 0.517.